The number of nitrogens with one attached hydrogen (secondary N) is 2. The lowest BCUT2D eigenvalue weighted by atomic mass is 10.2. The van der Waals surface area contributed by atoms with E-state index in [-0.39, 0.29) is 11.7 Å². The van der Waals surface area contributed by atoms with Gasteiger partial charge in [0, 0.05) is 4.88 Å². The third kappa shape index (κ3) is 3.48. The highest BCUT2D eigenvalue weighted by atomic mass is 32.1. The molecule has 106 valence electrons. The highest BCUT2D eigenvalue weighted by molar-refractivity contribution is 7.10. The van der Waals surface area contributed by atoms with Crippen LogP contribution in [0, 0.1) is 6.92 Å². The van der Waals surface area contributed by atoms with Gasteiger partial charge in [-0.25, -0.2) is 0 Å². The second-order valence-electron chi connectivity index (χ2n) is 4.42. The fourth-order valence-corrected chi connectivity index (χ4v) is 2.49. The van der Waals surface area contributed by atoms with E-state index < -0.39 is 11.9 Å². The molecule has 20 heavy (non-hydrogen) atoms. The zero-order valence-corrected chi connectivity index (χ0v) is 12.1. The van der Waals surface area contributed by atoms with Crippen molar-refractivity contribution in [2.24, 2.45) is 0 Å². The molecule has 0 aliphatic rings. The van der Waals surface area contributed by atoms with Crippen LogP contribution < -0.4 is 10.6 Å². The van der Waals surface area contributed by atoms with Crippen LogP contribution in [0.5, 0.6) is 0 Å². The fourth-order valence-electron chi connectivity index (χ4n) is 1.65. The highest BCUT2D eigenvalue weighted by Gasteiger charge is 2.17. The molecule has 2 aromatic heterocycles. The monoisotopic (exact) mass is 292 g/mol. The molecule has 2 rings (SSSR count). The van der Waals surface area contributed by atoms with Crippen LogP contribution in [0.15, 0.2) is 34.3 Å². The van der Waals surface area contributed by atoms with E-state index in [4.69, 9.17) is 4.42 Å². The SMILES string of the molecule is Cc1ccsc1CNC(=O)C(C)NC(=O)c1ccco1. The van der Waals surface area contributed by atoms with E-state index in [1.165, 1.54) is 6.26 Å². The Morgan fingerprint density at radius 2 is 2.20 bits per heavy atom. The molecule has 2 heterocycles. The molecule has 0 spiro atoms. The van der Waals surface area contributed by atoms with E-state index in [0.717, 1.165) is 10.4 Å². The molecule has 0 radical (unpaired) electrons. The van der Waals surface area contributed by atoms with Crippen LogP contribution in [0.3, 0.4) is 0 Å². The predicted octanol–water partition coefficient (Wildman–Crippen LogP) is 2.08. The molecule has 0 saturated carbocycles. The Labute approximate surface area is 121 Å². The lowest BCUT2D eigenvalue weighted by molar-refractivity contribution is -0.122. The van der Waals surface area contributed by atoms with Crippen molar-refractivity contribution in [3.63, 3.8) is 0 Å². The number of carbonyl (C=O) groups excluding carboxylic acids is 2. The molecule has 0 aliphatic heterocycles. The number of hydrogen-bond acceptors (Lipinski definition) is 4. The van der Waals surface area contributed by atoms with Crippen LogP contribution in [-0.4, -0.2) is 17.9 Å². The largest absolute Gasteiger partial charge is 0.459 e. The molecule has 2 N–H and O–H groups in total. The van der Waals surface area contributed by atoms with Crippen LogP contribution in [0.1, 0.15) is 27.9 Å². The highest BCUT2D eigenvalue weighted by Crippen LogP contribution is 2.14. The molecule has 0 aromatic carbocycles. The molecule has 0 bridgehead atoms. The minimum atomic E-state index is -0.618. The molecule has 2 aromatic rings. The zero-order valence-electron chi connectivity index (χ0n) is 11.3. The Kier molecular flexibility index (Phi) is 4.57. The second-order valence-corrected chi connectivity index (χ2v) is 5.42. The Morgan fingerprint density at radius 1 is 1.40 bits per heavy atom. The van der Waals surface area contributed by atoms with Gasteiger partial charge in [0.05, 0.1) is 12.8 Å². The van der Waals surface area contributed by atoms with Gasteiger partial charge < -0.3 is 15.1 Å². The minimum Gasteiger partial charge on any atom is -0.459 e. The molecule has 2 amide bonds. The normalized spacial score (nSPS) is 11.9. The summed E-state index contributed by atoms with van der Waals surface area (Å²) >= 11 is 1.60. The number of hydrogen-bond donors (Lipinski definition) is 2. The van der Waals surface area contributed by atoms with E-state index in [1.54, 1.807) is 30.4 Å². The first-order valence-electron chi connectivity index (χ1n) is 6.23. The Bertz CT molecular complexity index is 589. The van der Waals surface area contributed by atoms with Gasteiger partial charge in [-0.1, -0.05) is 0 Å². The van der Waals surface area contributed by atoms with Gasteiger partial charge in [0.15, 0.2) is 5.76 Å². The van der Waals surface area contributed by atoms with Crippen LogP contribution in [-0.2, 0) is 11.3 Å². The van der Waals surface area contributed by atoms with E-state index in [1.807, 2.05) is 18.4 Å². The maximum Gasteiger partial charge on any atom is 0.287 e. The summed E-state index contributed by atoms with van der Waals surface area (Å²) in [6.45, 7) is 4.11. The first-order chi connectivity index (χ1) is 9.58. The average molecular weight is 292 g/mol. The van der Waals surface area contributed by atoms with Crippen molar-refractivity contribution in [2.75, 3.05) is 0 Å². The maximum atomic E-state index is 11.9. The summed E-state index contributed by atoms with van der Waals surface area (Å²) in [5, 5.41) is 7.37. The first kappa shape index (κ1) is 14.3. The molecular weight excluding hydrogens is 276 g/mol. The number of rotatable bonds is 5. The van der Waals surface area contributed by atoms with Gasteiger partial charge in [0.2, 0.25) is 5.91 Å². The second kappa shape index (κ2) is 6.38. The van der Waals surface area contributed by atoms with Gasteiger partial charge in [-0.3, -0.25) is 9.59 Å². The van der Waals surface area contributed by atoms with Crippen LogP contribution in [0.25, 0.3) is 0 Å². The van der Waals surface area contributed by atoms with Gasteiger partial charge >= 0.3 is 0 Å². The van der Waals surface area contributed by atoms with Gasteiger partial charge in [-0.2, -0.15) is 0 Å². The van der Waals surface area contributed by atoms with E-state index >= 15 is 0 Å². The zero-order chi connectivity index (χ0) is 14.5. The van der Waals surface area contributed by atoms with Crippen molar-refractivity contribution in [3.05, 3.63) is 46.0 Å². The number of aryl methyl sites for hydroxylation is 1. The van der Waals surface area contributed by atoms with Crippen molar-refractivity contribution >= 4 is 23.2 Å². The average Bonchev–Trinajstić information content (AvgIpc) is 3.07. The van der Waals surface area contributed by atoms with Crippen molar-refractivity contribution < 1.29 is 14.0 Å². The first-order valence-corrected chi connectivity index (χ1v) is 7.11. The number of carbonyl (C=O) groups is 2. The topological polar surface area (TPSA) is 71.3 Å². The summed E-state index contributed by atoms with van der Waals surface area (Å²) in [5.74, 6) is -0.429. The summed E-state index contributed by atoms with van der Waals surface area (Å²) in [6.07, 6.45) is 1.42. The van der Waals surface area contributed by atoms with Crippen molar-refractivity contribution in [2.45, 2.75) is 26.4 Å². The summed E-state index contributed by atoms with van der Waals surface area (Å²) < 4.78 is 4.97. The maximum absolute atomic E-state index is 11.9. The third-order valence-electron chi connectivity index (χ3n) is 2.88. The standard InChI is InChI=1S/C14H16N2O3S/c1-9-5-7-20-12(9)8-15-13(17)10(2)16-14(18)11-4-3-6-19-11/h3-7,10H,8H2,1-2H3,(H,15,17)(H,16,18). The molecular formula is C14H16N2O3S. The van der Waals surface area contributed by atoms with Crippen molar-refractivity contribution in [1.29, 1.82) is 0 Å². The molecule has 6 heteroatoms. The number of amides is 2. The number of thiophene rings is 1. The van der Waals surface area contributed by atoms with Gasteiger partial charge in [0.1, 0.15) is 6.04 Å². The van der Waals surface area contributed by atoms with Crippen LogP contribution in [0.2, 0.25) is 0 Å². The molecule has 1 unspecified atom stereocenters. The van der Waals surface area contributed by atoms with E-state index in [2.05, 4.69) is 10.6 Å². The Morgan fingerprint density at radius 3 is 2.80 bits per heavy atom. The molecule has 0 fully saturated rings. The third-order valence-corrected chi connectivity index (χ3v) is 3.90. The minimum absolute atomic E-state index is 0.193. The van der Waals surface area contributed by atoms with E-state index in [9.17, 15) is 9.59 Å². The van der Waals surface area contributed by atoms with Crippen molar-refractivity contribution in [3.8, 4) is 0 Å². The van der Waals surface area contributed by atoms with Gasteiger partial charge in [-0.15, -0.1) is 11.3 Å². The van der Waals surface area contributed by atoms with Crippen LogP contribution >= 0.6 is 11.3 Å². The summed E-state index contributed by atoms with van der Waals surface area (Å²) in [4.78, 5) is 24.7. The summed E-state index contributed by atoms with van der Waals surface area (Å²) in [6, 6.07) is 4.57. The van der Waals surface area contributed by atoms with Crippen LogP contribution in [0.4, 0.5) is 0 Å². The quantitative estimate of drug-likeness (QED) is 0.886. The predicted molar refractivity (Wildman–Crippen MR) is 76.5 cm³/mol. The van der Waals surface area contributed by atoms with Gasteiger partial charge in [0.25, 0.3) is 5.91 Å². The Balaban J connectivity index is 1.83. The molecule has 1 atom stereocenters. The van der Waals surface area contributed by atoms with Gasteiger partial charge in [-0.05, 0) is 43.0 Å². The summed E-state index contributed by atoms with van der Waals surface area (Å²) in [7, 11) is 0. The lowest BCUT2D eigenvalue weighted by Crippen LogP contribution is -2.44. The summed E-state index contributed by atoms with van der Waals surface area (Å²) in [5.41, 5.74) is 1.16. The molecule has 0 saturated heterocycles. The fraction of sp³-hybridized carbons (Fsp3) is 0.286. The molecule has 0 aliphatic carbocycles. The smallest absolute Gasteiger partial charge is 0.287 e. The van der Waals surface area contributed by atoms with Crippen molar-refractivity contribution in [1.82, 2.24) is 10.6 Å². The Hall–Kier alpha value is -2.08. The lowest BCUT2D eigenvalue weighted by Gasteiger charge is -2.13. The molecule has 5 nitrogen and oxygen atoms in total. The van der Waals surface area contributed by atoms with E-state index in [0.29, 0.717) is 6.54 Å². The number of furan rings is 1.